The Labute approximate surface area is 95.5 Å². The Kier molecular flexibility index (Phi) is 3.47. The molecule has 1 unspecified atom stereocenters. The van der Waals surface area contributed by atoms with E-state index < -0.39 is 15.6 Å². The molecule has 92 valence electrons. The Bertz CT molecular complexity index is 473. The van der Waals surface area contributed by atoms with Crippen LogP contribution in [0, 0.1) is 13.8 Å². The zero-order valence-electron chi connectivity index (χ0n) is 9.86. The zero-order valence-corrected chi connectivity index (χ0v) is 10.7. The van der Waals surface area contributed by atoms with Gasteiger partial charge in [-0.3, -0.25) is 0 Å². The molecule has 0 fully saturated rings. The molecule has 0 amide bonds. The number of aliphatic hydroxyl groups is 1. The van der Waals surface area contributed by atoms with Crippen molar-refractivity contribution in [1.29, 1.82) is 0 Å². The molecule has 0 aromatic carbocycles. The van der Waals surface area contributed by atoms with Crippen LogP contribution in [0.25, 0.3) is 0 Å². The lowest BCUT2D eigenvalue weighted by atomic mass is 9.97. The van der Waals surface area contributed by atoms with E-state index in [1.54, 1.807) is 26.8 Å². The van der Waals surface area contributed by atoms with E-state index in [0.29, 0.717) is 17.1 Å². The van der Waals surface area contributed by atoms with Crippen LogP contribution < -0.4 is 4.72 Å². The smallest absolute Gasteiger partial charge is 0.208 e. The third-order valence-corrected chi connectivity index (χ3v) is 2.97. The van der Waals surface area contributed by atoms with Gasteiger partial charge in [-0.05, 0) is 26.8 Å². The van der Waals surface area contributed by atoms with E-state index >= 15 is 0 Å². The van der Waals surface area contributed by atoms with Crippen LogP contribution in [0.15, 0.2) is 10.5 Å². The topological polar surface area (TPSA) is 79.5 Å². The van der Waals surface area contributed by atoms with E-state index in [9.17, 15) is 13.5 Å². The highest BCUT2D eigenvalue weighted by atomic mass is 32.2. The lowest BCUT2D eigenvalue weighted by Crippen LogP contribution is -2.38. The molecule has 0 bridgehead atoms. The molecule has 1 rings (SSSR count). The number of aryl methyl sites for hydroxylation is 2. The summed E-state index contributed by atoms with van der Waals surface area (Å²) in [7, 11) is -3.31. The molecule has 16 heavy (non-hydrogen) atoms. The molecule has 0 saturated heterocycles. The predicted molar refractivity (Wildman–Crippen MR) is 60.6 cm³/mol. The van der Waals surface area contributed by atoms with Crippen molar-refractivity contribution in [3.63, 3.8) is 0 Å². The molecule has 1 aromatic rings. The minimum absolute atomic E-state index is 0.0777. The van der Waals surface area contributed by atoms with Gasteiger partial charge in [-0.25, -0.2) is 13.1 Å². The summed E-state index contributed by atoms with van der Waals surface area (Å²) in [5.41, 5.74) is -0.675. The van der Waals surface area contributed by atoms with Crippen molar-refractivity contribution in [3.8, 4) is 0 Å². The second-order valence-electron chi connectivity index (χ2n) is 4.19. The SMILES string of the molecule is Cc1cc(C(C)(O)CNS(C)(=O)=O)c(C)o1. The fourth-order valence-corrected chi connectivity index (χ4v) is 2.08. The maximum Gasteiger partial charge on any atom is 0.208 e. The summed E-state index contributed by atoms with van der Waals surface area (Å²) in [5.74, 6) is 1.28. The minimum atomic E-state index is -3.31. The highest BCUT2D eigenvalue weighted by Crippen LogP contribution is 2.26. The van der Waals surface area contributed by atoms with E-state index in [-0.39, 0.29) is 6.54 Å². The molecule has 5 nitrogen and oxygen atoms in total. The van der Waals surface area contributed by atoms with Gasteiger partial charge in [-0.2, -0.15) is 0 Å². The van der Waals surface area contributed by atoms with Crippen LogP contribution in [0.3, 0.4) is 0 Å². The van der Waals surface area contributed by atoms with Crippen LogP contribution >= 0.6 is 0 Å². The van der Waals surface area contributed by atoms with Crippen molar-refractivity contribution < 1.29 is 17.9 Å². The van der Waals surface area contributed by atoms with Crippen molar-refractivity contribution in [2.75, 3.05) is 12.8 Å². The number of furan rings is 1. The van der Waals surface area contributed by atoms with Gasteiger partial charge in [0.15, 0.2) is 0 Å². The lowest BCUT2D eigenvalue weighted by Gasteiger charge is -2.22. The van der Waals surface area contributed by atoms with Crippen LogP contribution in [0.2, 0.25) is 0 Å². The van der Waals surface area contributed by atoms with Crippen LogP contribution in [0.1, 0.15) is 24.0 Å². The number of sulfonamides is 1. The first-order chi connectivity index (χ1) is 7.12. The molecule has 0 aliphatic rings. The summed E-state index contributed by atoms with van der Waals surface area (Å²) in [4.78, 5) is 0. The quantitative estimate of drug-likeness (QED) is 0.819. The highest BCUT2D eigenvalue weighted by molar-refractivity contribution is 7.88. The molecule has 0 saturated carbocycles. The van der Waals surface area contributed by atoms with Gasteiger partial charge in [0.05, 0.1) is 6.26 Å². The third-order valence-electron chi connectivity index (χ3n) is 2.30. The lowest BCUT2D eigenvalue weighted by molar-refractivity contribution is 0.0612. The van der Waals surface area contributed by atoms with Gasteiger partial charge in [0.2, 0.25) is 10.0 Å². The van der Waals surface area contributed by atoms with Crippen LogP contribution in [-0.4, -0.2) is 26.3 Å². The number of hydrogen-bond acceptors (Lipinski definition) is 4. The maximum atomic E-state index is 11.0. The van der Waals surface area contributed by atoms with Gasteiger partial charge >= 0.3 is 0 Å². The van der Waals surface area contributed by atoms with Crippen molar-refractivity contribution >= 4 is 10.0 Å². The Morgan fingerprint density at radius 3 is 2.44 bits per heavy atom. The van der Waals surface area contributed by atoms with E-state index in [2.05, 4.69) is 4.72 Å². The molecule has 0 aliphatic carbocycles. The summed E-state index contributed by atoms with van der Waals surface area (Å²) in [6, 6.07) is 1.71. The number of hydrogen-bond donors (Lipinski definition) is 2. The van der Waals surface area contributed by atoms with Gasteiger partial charge < -0.3 is 9.52 Å². The Hall–Kier alpha value is -0.850. The van der Waals surface area contributed by atoms with Gasteiger partial charge in [0, 0.05) is 12.1 Å². The van der Waals surface area contributed by atoms with E-state index in [1.807, 2.05) is 0 Å². The summed E-state index contributed by atoms with van der Waals surface area (Å²) >= 11 is 0. The van der Waals surface area contributed by atoms with Crippen molar-refractivity contribution in [2.45, 2.75) is 26.4 Å². The molecule has 1 atom stereocenters. The summed E-state index contributed by atoms with van der Waals surface area (Å²) in [5, 5.41) is 10.2. The normalized spacial score (nSPS) is 16.1. The van der Waals surface area contributed by atoms with Crippen LogP contribution in [0.4, 0.5) is 0 Å². The van der Waals surface area contributed by atoms with Gasteiger partial charge in [-0.15, -0.1) is 0 Å². The van der Waals surface area contributed by atoms with Gasteiger partial charge in [-0.1, -0.05) is 0 Å². The highest BCUT2D eigenvalue weighted by Gasteiger charge is 2.28. The average molecular weight is 247 g/mol. The summed E-state index contributed by atoms with van der Waals surface area (Å²) in [6.45, 7) is 4.97. The largest absolute Gasteiger partial charge is 0.466 e. The first kappa shape index (κ1) is 13.2. The molecule has 2 N–H and O–H groups in total. The van der Waals surface area contributed by atoms with E-state index in [4.69, 9.17) is 4.42 Å². The van der Waals surface area contributed by atoms with Crippen molar-refractivity contribution in [1.82, 2.24) is 4.72 Å². The van der Waals surface area contributed by atoms with E-state index in [1.165, 1.54) is 0 Å². The average Bonchev–Trinajstić information content (AvgIpc) is 2.42. The fourth-order valence-electron chi connectivity index (χ4n) is 1.53. The Morgan fingerprint density at radius 1 is 1.50 bits per heavy atom. The molecule has 1 aromatic heterocycles. The molecule has 0 radical (unpaired) electrons. The van der Waals surface area contributed by atoms with E-state index in [0.717, 1.165) is 6.26 Å². The third kappa shape index (κ3) is 3.33. The number of rotatable bonds is 4. The summed E-state index contributed by atoms with van der Waals surface area (Å²) < 4.78 is 29.5. The molecule has 6 heteroatoms. The Balaban J connectivity index is 2.89. The van der Waals surface area contributed by atoms with Gasteiger partial charge in [0.1, 0.15) is 17.1 Å². The van der Waals surface area contributed by atoms with Crippen molar-refractivity contribution in [3.05, 3.63) is 23.2 Å². The first-order valence-corrected chi connectivity index (χ1v) is 6.75. The fraction of sp³-hybridized carbons (Fsp3) is 0.600. The Morgan fingerprint density at radius 2 is 2.06 bits per heavy atom. The predicted octanol–water partition coefficient (Wildman–Crippen LogP) is 0.653. The van der Waals surface area contributed by atoms with Crippen LogP contribution in [-0.2, 0) is 15.6 Å². The summed E-state index contributed by atoms with van der Waals surface area (Å²) in [6.07, 6.45) is 1.05. The monoisotopic (exact) mass is 247 g/mol. The molecule has 1 heterocycles. The molecular weight excluding hydrogens is 230 g/mol. The van der Waals surface area contributed by atoms with Gasteiger partial charge in [0.25, 0.3) is 0 Å². The molecule has 0 spiro atoms. The van der Waals surface area contributed by atoms with Crippen LogP contribution in [0.5, 0.6) is 0 Å². The standard InChI is InChI=1S/C10H17NO4S/c1-7-5-9(8(2)15-7)10(3,12)6-11-16(4,13)14/h5,11-12H,6H2,1-4H3. The minimum Gasteiger partial charge on any atom is -0.466 e. The first-order valence-electron chi connectivity index (χ1n) is 4.86. The molecular formula is C10H17NO4S. The van der Waals surface area contributed by atoms with Crippen molar-refractivity contribution in [2.24, 2.45) is 0 Å². The number of nitrogens with one attached hydrogen (secondary N) is 1. The zero-order chi connectivity index (χ0) is 12.6. The second kappa shape index (κ2) is 4.20. The molecule has 0 aliphatic heterocycles. The maximum absolute atomic E-state index is 11.0. The second-order valence-corrected chi connectivity index (χ2v) is 6.03.